The first-order chi connectivity index (χ1) is 8.77. The summed E-state index contributed by atoms with van der Waals surface area (Å²) in [6.45, 7) is 8.28. The summed E-state index contributed by atoms with van der Waals surface area (Å²) < 4.78 is 13.0. The maximum atomic E-state index is 9.74. The van der Waals surface area contributed by atoms with E-state index >= 15 is 0 Å². The predicted octanol–water partition coefficient (Wildman–Crippen LogP) is 4.19. The lowest BCUT2D eigenvalue weighted by Gasteiger charge is -2.40. The lowest BCUT2D eigenvalue weighted by atomic mass is 9.87. The molecule has 0 aromatic heterocycles. The molecule has 2 rings (SSSR count). The van der Waals surface area contributed by atoms with Crippen LogP contribution in [-0.2, 0) is 10.0 Å². The first kappa shape index (κ1) is 14.6. The summed E-state index contributed by atoms with van der Waals surface area (Å²) in [6.07, 6.45) is 0.527. The average molecular weight is 340 g/mol. The smallest absolute Gasteiger partial charge is 0.186 e. The number of hydrogen-bond acceptors (Lipinski definition) is 3. The highest BCUT2D eigenvalue weighted by atomic mass is 79.9. The maximum absolute atomic E-state index is 9.74. The molecule has 0 N–H and O–H groups in total. The van der Waals surface area contributed by atoms with E-state index in [-0.39, 0.29) is 6.10 Å². The molecule has 2 atom stereocenters. The minimum Gasteiger partial charge on any atom is -0.489 e. The van der Waals surface area contributed by atoms with Crippen LogP contribution in [0.3, 0.4) is 0 Å². The maximum Gasteiger partial charge on any atom is 0.186 e. The second-order valence-corrected chi connectivity index (χ2v) is 11.2. The molecule has 0 amide bonds. The first-order valence-corrected chi connectivity index (χ1v) is 10.5. The molecular weight excluding hydrogens is 322 g/mol. The van der Waals surface area contributed by atoms with Crippen molar-refractivity contribution in [3.8, 4) is 11.8 Å². The second-order valence-electron chi connectivity index (χ2n) is 5.90. The zero-order valence-corrected chi connectivity index (χ0v) is 14.2. The van der Waals surface area contributed by atoms with Crippen LogP contribution in [0.1, 0.15) is 18.9 Å². The van der Waals surface area contributed by atoms with Crippen molar-refractivity contribution < 1.29 is 9.16 Å². The van der Waals surface area contributed by atoms with Gasteiger partial charge in [-0.15, -0.1) is 0 Å². The summed E-state index contributed by atoms with van der Waals surface area (Å²) in [5.41, 5.74) is -0.0498. The third-order valence-electron chi connectivity index (χ3n) is 2.96. The van der Waals surface area contributed by atoms with Gasteiger partial charge in [0.25, 0.3) is 0 Å². The van der Waals surface area contributed by atoms with Crippen LogP contribution in [-0.4, -0.2) is 14.4 Å². The van der Waals surface area contributed by atoms with Crippen molar-refractivity contribution in [1.29, 1.82) is 5.26 Å². The van der Waals surface area contributed by atoms with Crippen LogP contribution < -0.4 is 4.74 Å². The van der Waals surface area contributed by atoms with Crippen molar-refractivity contribution in [3.63, 3.8) is 0 Å². The van der Waals surface area contributed by atoms with Gasteiger partial charge in [-0.25, -0.2) is 0 Å². The van der Waals surface area contributed by atoms with Crippen molar-refractivity contribution in [3.05, 3.63) is 28.2 Å². The summed E-state index contributed by atoms with van der Waals surface area (Å²) in [6, 6.07) is 8.17. The van der Waals surface area contributed by atoms with Gasteiger partial charge in [0, 0.05) is 12.0 Å². The standard InChI is InChI=1S/C14H18BrNO2Si/c1-10-8-14(9-16,18-19(2,3)4)11-6-5-7-12(15)13(11)17-10/h5-7,10H,8H2,1-4H3. The van der Waals surface area contributed by atoms with Gasteiger partial charge in [-0.2, -0.15) is 5.26 Å². The Morgan fingerprint density at radius 2 is 2.16 bits per heavy atom. The number of halogens is 1. The zero-order valence-electron chi connectivity index (χ0n) is 11.7. The number of rotatable bonds is 2. The Morgan fingerprint density at radius 3 is 2.74 bits per heavy atom. The van der Waals surface area contributed by atoms with Crippen LogP contribution in [0.25, 0.3) is 0 Å². The summed E-state index contributed by atoms with van der Waals surface area (Å²) in [7, 11) is -1.85. The van der Waals surface area contributed by atoms with Crippen molar-refractivity contribution in [2.24, 2.45) is 0 Å². The number of hydrogen-bond donors (Lipinski definition) is 0. The fraction of sp³-hybridized carbons (Fsp3) is 0.500. The Balaban J connectivity index is 2.58. The minimum absolute atomic E-state index is 0.0396. The third-order valence-corrected chi connectivity index (χ3v) is 4.54. The molecule has 1 heterocycles. The van der Waals surface area contributed by atoms with Crippen molar-refractivity contribution in [1.82, 2.24) is 0 Å². The molecule has 0 radical (unpaired) electrons. The van der Waals surface area contributed by atoms with Crippen LogP contribution in [0.4, 0.5) is 0 Å². The Hall–Kier alpha value is -0.833. The number of fused-ring (bicyclic) bond motifs is 1. The van der Waals surface area contributed by atoms with E-state index in [0.29, 0.717) is 6.42 Å². The van der Waals surface area contributed by atoms with Crippen molar-refractivity contribution in [2.45, 2.75) is 44.7 Å². The van der Waals surface area contributed by atoms with Crippen LogP contribution in [0.5, 0.6) is 5.75 Å². The van der Waals surface area contributed by atoms with E-state index < -0.39 is 13.9 Å². The number of nitriles is 1. The molecule has 1 aliphatic heterocycles. The molecule has 1 aliphatic rings. The molecular formula is C14H18BrNO2Si. The van der Waals surface area contributed by atoms with E-state index in [2.05, 4.69) is 41.6 Å². The molecule has 5 heteroatoms. The van der Waals surface area contributed by atoms with Crippen LogP contribution >= 0.6 is 15.9 Å². The SMILES string of the molecule is CC1CC(C#N)(O[Si](C)(C)C)c2cccc(Br)c2O1. The Kier molecular flexibility index (Phi) is 3.78. The van der Waals surface area contributed by atoms with E-state index in [0.717, 1.165) is 15.8 Å². The van der Waals surface area contributed by atoms with Gasteiger partial charge in [-0.05, 0) is 48.6 Å². The van der Waals surface area contributed by atoms with Gasteiger partial charge >= 0.3 is 0 Å². The molecule has 0 saturated heterocycles. The molecule has 1 aromatic rings. The fourth-order valence-electron chi connectivity index (χ4n) is 2.45. The van der Waals surface area contributed by atoms with Crippen molar-refractivity contribution >= 4 is 24.2 Å². The van der Waals surface area contributed by atoms with Crippen LogP contribution in [0.15, 0.2) is 22.7 Å². The molecule has 3 nitrogen and oxygen atoms in total. The molecule has 0 saturated carbocycles. The number of benzene rings is 1. The largest absolute Gasteiger partial charge is 0.489 e. The number of para-hydroxylation sites is 1. The van der Waals surface area contributed by atoms with Crippen molar-refractivity contribution in [2.75, 3.05) is 0 Å². The molecule has 0 fully saturated rings. The van der Waals surface area contributed by atoms with E-state index in [9.17, 15) is 5.26 Å². The van der Waals surface area contributed by atoms with Crippen LogP contribution in [0.2, 0.25) is 19.6 Å². The average Bonchev–Trinajstić information content (AvgIpc) is 2.28. The van der Waals surface area contributed by atoms with Gasteiger partial charge in [-0.1, -0.05) is 12.1 Å². The second kappa shape index (κ2) is 4.93. The Bertz CT molecular complexity index is 535. The van der Waals surface area contributed by atoms with Crippen LogP contribution in [0, 0.1) is 11.3 Å². The van der Waals surface area contributed by atoms with E-state index in [4.69, 9.17) is 9.16 Å². The fourth-order valence-corrected chi connectivity index (χ4v) is 4.20. The van der Waals surface area contributed by atoms with Gasteiger partial charge in [0.1, 0.15) is 17.9 Å². The van der Waals surface area contributed by atoms with Gasteiger partial charge in [0.2, 0.25) is 0 Å². The van der Waals surface area contributed by atoms with E-state index in [1.54, 1.807) is 0 Å². The Labute approximate surface area is 123 Å². The first-order valence-electron chi connectivity index (χ1n) is 6.34. The lowest BCUT2D eigenvalue weighted by Crippen LogP contribution is -2.45. The lowest BCUT2D eigenvalue weighted by molar-refractivity contribution is 0.0337. The Morgan fingerprint density at radius 1 is 1.47 bits per heavy atom. The molecule has 1 aromatic carbocycles. The molecule has 0 bridgehead atoms. The van der Waals surface area contributed by atoms with E-state index in [1.807, 2.05) is 25.1 Å². The minimum atomic E-state index is -1.85. The number of ether oxygens (including phenoxy) is 1. The van der Waals surface area contributed by atoms with Gasteiger partial charge in [-0.3, -0.25) is 0 Å². The monoisotopic (exact) mass is 339 g/mol. The molecule has 102 valence electrons. The molecule has 19 heavy (non-hydrogen) atoms. The highest BCUT2D eigenvalue weighted by Gasteiger charge is 2.45. The van der Waals surface area contributed by atoms with E-state index in [1.165, 1.54) is 0 Å². The predicted molar refractivity (Wildman–Crippen MR) is 80.6 cm³/mol. The summed E-state index contributed by atoms with van der Waals surface area (Å²) in [5, 5.41) is 9.74. The third kappa shape index (κ3) is 2.86. The summed E-state index contributed by atoms with van der Waals surface area (Å²) in [4.78, 5) is 0. The number of nitrogens with zero attached hydrogens (tertiary/aromatic N) is 1. The zero-order chi connectivity index (χ0) is 14.3. The molecule has 0 spiro atoms. The quantitative estimate of drug-likeness (QED) is 0.758. The summed E-state index contributed by atoms with van der Waals surface area (Å²) >= 11 is 3.49. The van der Waals surface area contributed by atoms with Gasteiger partial charge in [0.15, 0.2) is 13.9 Å². The van der Waals surface area contributed by atoms with Gasteiger partial charge in [0.05, 0.1) is 4.47 Å². The highest BCUT2D eigenvalue weighted by molar-refractivity contribution is 9.10. The topological polar surface area (TPSA) is 42.2 Å². The molecule has 2 unspecified atom stereocenters. The highest BCUT2D eigenvalue weighted by Crippen LogP contribution is 2.46. The summed E-state index contributed by atoms with van der Waals surface area (Å²) in [5.74, 6) is 0.737. The normalized spacial score (nSPS) is 26.2. The van der Waals surface area contributed by atoms with Gasteiger partial charge < -0.3 is 9.16 Å². The molecule has 0 aliphatic carbocycles.